The molecule has 1 aliphatic rings. The molecule has 0 saturated heterocycles. The molecule has 0 spiro atoms. The van der Waals surface area contributed by atoms with E-state index in [0.29, 0.717) is 39.7 Å². The van der Waals surface area contributed by atoms with Crippen LogP contribution in [-0.4, -0.2) is 64.8 Å². The molecule has 2 aromatic carbocycles. The molecule has 12 heteroatoms. The van der Waals surface area contributed by atoms with Gasteiger partial charge >= 0.3 is 5.97 Å². The summed E-state index contributed by atoms with van der Waals surface area (Å²) >= 11 is 2.71. The van der Waals surface area contributed by atoms with Crippen molar-refractivity contribution in [3.63, 3.8) is 0 Å². The van der Waals surface area contributed by atoms with E-state index in [2.05, 4.69) is 48.5 Å². The van der Waals surface area contributed by atoms with Gasteiger partial charge in [0.1, 0.15) is 23.9 Å². The summed E-state index contributed by atoms with van der Waals surface area (Å²) in [5.41, 5.74) is 0.0586. The smallest absolute Gasteiger partial charge is 0.349 e. The Hall–Kier alpha value is -4.33. The van der Waals surface area contributed by atoms with E-state index in [-0.39, 0.29) is 29.0 Å². The minimum Gasteiger partial charge on any atom is -0.506 e. The predicted octanol–water partition coefficient (Wildman–Crippen LogP) is 7.04. The zero-order valence-electron chi connectivity index (χ0n) is 31.6. The molecule has 1 unspecified atom stereocenters. The van der Waals surface area contributed by atoms with E-state index in [9.17, 15) is 24.6 Å². The van der Waals surface area contributed by atoms with Crippen molar-refractivity contribution in [1.29, 1.82) is 0 Å². The summed E-state index contributed by atoms with van der Waals surface area (Å²) in [5.74, 6) is 0.188. The van der Waals surface area contributed by atoms with Gasteiger partial charge in [-0.2, -0.15) is 0 Å². The Bertz CT molecular complexity index is 2020. The van der Waals surface area contributed by atoms with Crippen LogP contribution in [0.3, 0.4) is 0 Å². The molecule has 2 atom stereocenters. The molecular weight excluding hydrogens is 735 g/mol. The standard InChI is InChI=1S/C43H51N3O7S2/c1-28(44-26-30(27-47)34-17-19-36(48)40-35(34)18-20-39(49)46-40)25-29-9-13-32(14-10-29)52-22-6-21-45-42(2,3)31-11-15-33(16-12-31)53-41(50)43(51,37-7-4-23-54-37)38-8-5-24-55-38/h4-5,7-10,13-14,17-20,23-24,27-28,30-31,33,44-45,48,51H,6,11-12,15-16,21-22,25-26H2,1-3H3,(H,46,49)/t28?,30-,31?,33?/m1/s1. The molecule has 1 aliphatic carbocycles. The van der Waals surface area contributed by atoms with Crippen molar-refractivity contribution in [3.05, 3.63) is 115 Å². The number of phenolic OH excluding ortho intramolecular Hbond substituents is 1. The maximum atomic E-state index is 13.4. The number of aromatic hydroxyl groups is 1. The quantitative estimate of drug-likeness (QED) is 0.0359. The van der Waals surface area contributed by atoms with Crippen molar-refractivity contribution in [2.45, 2.75) is 88.5 Å². The van der Waals surface area contributed by atoms with Crippen molar-refractivity contribution < 1.29 is 29.3 Å². The first-order valence-electron chi connectivity index (χ1n) is 19.0. The van der Waals surface area contributed by atoms with Crippen LogP contribution in [-0.2, 0) is 26.3 Å². The summed E-state index contributed by atoms with van der Waals surface area (Å²) in [5, 5.41) is 33.3. The van der Waals surface area contributed by atoms with Gasteiger partial charge in [0.25, 0.3) is 0 Å². The fraction of sp³-hybridized carbons (Fsp3) is 0.419. The average molecular weight is 786 g/mol. The number of hydrogen-bond donors (Lipinski definition) is 5. The molecule has 0 bridgehead atoms. The van der Waals surface area contributed by atoms with Gasteiger partial charge < -0.3 is 40.1 Å². The molecular formula is C43H51N3O7S2. The van der Waals surface area contributed by atoms with E-state index in [1.807, 2.05) is 35.0 Å². The molecule has 3 aromatic heterocycles. The number of aldehydes is 1. The van der Waals surface area contributed by atoms with Crippen LogP contribution in [0.4, 0.5) is 0 Å². The maximum absolute atomic E-state index is 13.4. The lowest BCUT2D eigenvalue weighted by Crippen LogP contribution is -2.48. The first-order valence-corrected chi connectivity index (χ1v) is 20.8. The van der Waals surface area contributed by atoms with Crippen molar-refractivity contribution in [1.82, 2.24) is 15.6 Å². The molecule has 5 aromatic rings. The second-order valence-electron chi connectivity index (χ2n) is 15.1. The lowest BCUT2D eigenvalue weighted by molar-refractivity contribution is -0.169. The number of benzene rings is 2. The van der Waals surface area contributed by atoms with E-state index in [0.717, 1.165) is 68.2 Å². The lowest BCUT2D eigenvalue weighted by atomic mass is 9.75. The number of esters is 1. The highest BCUT2D eigenvalue weighted by Gasteiger charge is 2.45. The number of aromatic amines is 1. The number of hydrogen-bond acceptors (Lipinski definition) is 11. The fourth-order valence-electron chi connectivity index (χ4n) is 7.54. The zero-order valence-corrected chi connectivity index (χ0v) is 33.2. The van der Waals surface area contributed by atoms with Gasteiger partial charge in [0.2, 0.25) is 11.2 Å². The molecule has 1 fully saturated rings. The van der Waals surface area contributed by atoms with Crippen molar-refractivity contribution in [2.24, 2.45) is 5.92 Å². The molecule has 3 heterocycles. The number of ether oxygens (including phenoxy) is 2. The summed E-state index contributed by atoms with van der Waals surface area (Å²) in [6.07, 6.45) is 5.70. The Labute approximate surface area is 329 Å². The van der Waals surface area contributed by atoms with Gasteiger partial charge in [-0.25, -0.2) is 4.79 Å². The highest BCUT2D eigenvalue weighted by Crippen LogP contribution is 2.39. The summed E-state index contributed by atoms with van der Waals surface area (Å²) in [6.45, 7) is 8.38. The third-order valence-corrected chi connectivity index (χ3v) is 12.8. The number of carbonyl (C=O) groups is 2. The first kappa shape index (κ1) is 40.3. The number of rotatable bonds is 18. The number of thiophene rings is 2. The van der Waals surface area contributed by atoms with E-state index < -0.39 is 17.5 Å². The topological polar surface area (TPSA) is 150 Å². The zero-order chi connectivity index (χ0) is 39.0. The Kier molecular flexibility index (Phi) is 13.3. The number of aromatic nitrogens is 1. The van der Waals surface area contributed by atoms with Gasteiger partial charge in [-0.3, -0.25) is 4.79 Å². The van der Waals surface area contributed by atoms with E-state index in [1.54, 1.807) is 24.3 Å². The fourth-order valence-corrected chi connectivity index (χ4v) is 9.25. The Balaban J connectivity index is 0.890. The van der Waals surface area contributed by atoms with E-state index in [4.69, 9.17) is 9.47 Å². The molecule has 0 amide bonds. The van der Waals surface area contributed by atoms with Crippen molar-refractivity contribution in [2.75, 3.05) is 19.7 Å². The second kappa shape index (κ2) is 18.1. The number of nitrogens with one attached hydrogen (secondary N) is 3. The van der Waals surface area contributed by atoms with Crippen LogP contribution in [0.25, 0.3) is 10.9 Å². The molecule has 6 rings (SSSR count). The average Bonchev–Trinajstić information content (AvgIpc) is 3.93. The largest absolute Gasteiger partial charge is 0.506 e. The van der Waals surface area contributed by atoms with Crippen LogP contribution in [0.1, 0.15) is 79.7 Å². The first-order chi connectivity index (χ1) is 26.5. The van der Waals surface area contributed by atoms with Gasteiger partial charge in [0.05, 0.1) is 27.8 Å². The molecule has 10 nitrogen and oxygen atoms in total. The molecule has 292 valence electrons. The number of H-pyrrole nitrogens is 1. The number of pyridine rings is 1. The predicted molar refractivity (Wildman–Crippen MR) is 218 cm³/mol. The van der Waals surface area contributed by atoms with Crippen LogP contribution >= 0.6 is 22.7 Å². The minimum atomic E-state index is -1.78. The highest BCUT2D eigenvalue weighted by molar-refractivity contribution is 7.12. The maximum Gasteiger partial charge on any atom is 0.349 e. The third kappa shape index (κ3) is 9.74. The monoisotopic (exact) mass is 785 g/mol. The number of phenols is 1. The summed E-state index contributed by atoms with van der Waals surface area (Å²) in [4.78, 5) is 41.1. The minimum absolute atomic E-state index is 0.0281. The van der Waals surface area contributed by atoms with Crippen molar-refractivity contribution in [3.8, 4) is 11.5 Å². The van der Waals surface area contributed by atoms with Crippen LogP contribution < -0.4 is 20.9 Å². The normalized spacial score (nSPS) is 17.5. The molecule has 5 N–H and O–H groups in total. The second-order valence-corrected chi connectivity index (χ2v) is 17.0. The highest BCUT2D eigenvalue weighted by atomic mass is 32.1. The number of fused-ring (bicyclic) bond motifs is 1. The van der Waals surface area contributed by atoms with Crippen LogP contribution in [0, 0.1) is 5.92 Å². The third-order valence-electron chi connectivity index (χ3n) is 10.8. The summed E-state index contributed by atoms with van der Waals surface area (Å²) in [6, 6.07) is 21.7. The molecule has 1 saturated carbocycles. The van der Waals surface area contributed by atoms with Crippen LogP contribution in [0.2, 0.25) is 0 Å². The summed E-state index contributed by atoms with van der Waals surface area (Å²) < 4.78 is 12.0. The van der Waals surface area contributed by atoms with E-state index in [1.165, 1.54) is 34.8 Å². The van der Waals surface area contributed by atoms with Gasteiger partial charge in [0, 0.05) is 29.6 Å². The van der Waals surface area contributed by atoms with Crippen LogP contribution in [0.5, 0.6) is 11.5 Å². The Morgan fingerprint density at radius 1 is 0.982 bits per heavy atom. The van der Waals surface area contributed by atoms with Gasteiger partial charge in [-0.15, -0.1) is 22.7 Å². The SMILES string of the molecule is CC(Cc1ccc(OCCCNC(C)(C)C2CCC(OC(=O)C(O)(c3cccs3)c3cccs3)CC2)cc1)NC[C@H](C=O)c1ccc(O)c2[nH]c(=O)ccc12. The molecule has 55 heavy (non-hydrogen) atoms. The molecule has 0 aliphatic heterocycles. The summed E-state index contributed by atoms with van der Waals surface area (Å²) in [7, 11) is 0. The van der Waals surface area contributed by atoms with Crippen LogP contribution in [0.15, 0.2) is 88.4 Å². The molecule has 0 radical (unpaired) electrons. The van der Waals surface area contributed by atoms with Gasteiger partial charge in [0.15, 0.2) is 0 Å². The van der Waals surface area contributed by atoms with Gasteiger partial charge in [-0.05, 0) is 130 Å². The van der Waals surface area contributed by atoms with E-state index >= 15 is 0 Å². The number of carbonyl (C=O) groups excluding carboxylic acids is 2. The van der Waals surface area contributed by atoms with Crippen molar-refractivity contribution >= 4 is 45.8 Å². The van der Waals surface area contributed by atoms with Gasteiger partial charge in [-0.1, -0.05) is 30.3 Å². The lowest BCUT2D eigenvalue weighted by Gasteiger charge is -2.40. The number of aliphatic hydroxyl groups is 1. The Morgan fingerprint density at radius 3 is 2.31 bits per heavy atom. The Morgan fingerprint density at radius 2 is 1.67 bits per heavy atom.